The number of fused-ring (bicyclic) bond motifs is 5. The average Bonchev–Trinajstić information content (AvgIpc) is 3.13. The second-order valence-corrected chi connectivity index (χ2v) is 11.2. The van der Waals surface area contributed by atoms with Crippen molar-refractivity contribution in [1.29, 1.82) is 0 Å². The van der Waals surface area contributed by atoms with Crippen molar-refractivity contribution in [3.05, 3.63) is 47.5 Å². The summed E-state index contributed by atoms with van der Waals surface area (Å²) < 4.78 is 14.6. The number of carboxylic acid groups (broad SMARTS) is 1. The highest BCUT2D eigenvalue weighted by atomic mass is 16.5. The van der Waals surface area contributed by atoms with Gasteiger partial charge in [0.15, 0.2) is 5.75 Å². The Labute approximate surface area is 231 Å². The molecule has 7 nitrogen and oxygen atoms in total. The lowest BCUT2D eigenvalue weighted by Crippen LogP contribution is -2.36. The Balaban J connectivity index is 1.44. The van der Waals surface area contributed by atoms with Gasteiger partial charge in [0.05, 0.1) is 30.1 Å². The van der Waals surface area contributed by atoms with Crippen LogP contribution in [0.4, 0.5) is 5.69 Å². The van der Waals surface area contributed by atoms with Crippen LogP contribution in [-0.4, -0.2) is 73.1 Å². The molecule has 3 aliphatic rings. The van der Waals surface area contributed by atoms with Crippen LogP contribution in [0.25, 0.3) is 22.2 Å². The van der Waals surface area contributed by atoms with Crippen molar-refractivity contribution in [1.82, 2.24) is 9.47 Å². The Morgan fingerprint density at radius 1 is 1.03 bits per heavy atom. The third kappa shape index (κ3) is 5.14. The Kier molecular flexibility index (Phi) is 7.80. The summed E-state index contributed by atoms with van der Waals surface area (Å²) in [4.78, 5) is 16.8. The molecule has 0 unspecified atom stereocenters. The summed E-state index contributed by atoms with van der Waals surface area (Å²) >= 11 is 0. The second-order valence-electron chi connectivity index (χ2n) is 11.2. The molecule has 0 bridgehead atoms. The van der Waals surface area contributed by atoms with E-state index in [0.29, 0.717) is 24.6 Å². The molecule has 2 aliphatic heterocycles. The first kappa shape index (κ1) is 26.2. The van der Waals surface area contributed by atoms with Gasteiger partial charge < -0.3 is 24.0 Å². The number of carboxylic acids is 1. The smallest absolute Gasteiger partial charge is 0.335 e. The van der Waals surface area contributed by atoms with Crippen LogP contribution in [0.3, 0.4) is 0 Å². The highest BCUT2D eigenvalue weighted by Gasteiger charge is 2.31. The molecule has 39 heavy (non-hydrogen) atoms. The van der Waals surface area contributed by atoms with E-state index >= 15 is 0 Å². The number of aromatic nitrogens is 1. The predicted molar refractivity (Wildman–Crippen MR) is 155 cm³/mol. The first-order chi connectivity index (χ1) is 19.2. The van der Waals surface area contributed by atoms with Crippen LogP contribution in [0.2, 0.25) is 0 Å². The van der Waals surface area contributed by atoms with Gasteiger partial charge in [-0.2, -0.15) is 0 Å². The van der Waals surface area contributed by atoms with Gasteiger partial charge in [-0.15, -0.1) is 0 Å². The Morgan fingerprint density at radius 3 is 2.72 bits per heavy atom. The lowest BCUT2D eigenvalue weighted by Gasteiger charge is -2.29. The number of hydrogen-bond acceptors (Lipinski definition) is 5. The molecule has 3 heterocycles. The van der Waals surface area contributed by atoms with Gasteiger partial charge in [-0.05, 0) is 61.9 Å². The SMILES string of the molecule is CCN(CCN1CCCOCC1)c1cccc2c1OCCn1c-2c(C2CCCCC2)c2ccc(C(=O)O)cc21. The lowest BCUT2D eigenvalue weighted by atomic mass is 9.81. The third-order valence-electron chi connectivity index (χ3n) is 8.90. The molecular weight excluding hydrogens is 490 g/mol. The number of para-hydroxylation sites is 1. The van der Waals surface area contributed by atoms with E-state index in [-0.39, 0.29) is 0 Å². The maximum atomic E-state index is 11.9. The first-order valence-electron chi connectivity index (χ1n) is 14.9. The number of hydrogen-bond donors (Lipinski definition) is 1. The molecular formula is C32H41N3O4. The van der Waals surface area contributed by atoms with E-state index in [1.54, 1.807) is 6.07 Å². The molecule has 1 saturated heterocycles. The monoisotopic (exact) mass is 531 g/mol. The number of nitrogens with zero attached hydrogens (tertiary/aromatic N) is 3. The van der Waals surface area contributed by atoms with Gasteiger partial charge in [0.1, 0.15) is 6.61 Å². The van der Waals surface area contributed by atoms with Crippen LogP contribution >= 0.6 is 0 Å². The molecule has 0 amide bonds. The summed E-state index contributed by atoms with van der Waals surface area (Å²) in [6.45, 7) is 10.1. The number of ether oxygens (including phenoxy) is 2. The van der Waals surface area contributed by atoms with Gasteiger partial charge >= 0.3 is 5.97 Å². The number of likely N-dealkylation sites (N-methyl/N-ethyl adjacent to an activating group) is 1. The quantitative estimate of drug-likeness (QED) is 0.404. The van der Waals surface area contributed by atoms with Crippen LogP contribution in [0.5, 0.6) is 5.75 Å². The summed E-state index contributed by atoms with van der Waals surface area (Å²) in [6.07, 6.45) is 7.25. The van der Waals surface area contributed by atoms with Crippen LogP contribution in [-0.2, 0) is 11.3 Å². The van der Waals surface area contributed by atoms with Crippen LogP contribution < -0.4 is 9.64 Å². The first-order valence-corrected chi connectivity index (χ1v) is 14.9. The van der Waals surface area contributed by atoms with E-state index in [4.69, 9.17) is 9.47 Å². The minimum atomic E-state index is -0.881. The number of aromatic carboxylic acids is 1. The molecule has 3 aromatic rings. The molecule has 0 radical (unpaired) electrons. The molecule has 6 rings (SSSR count). The van der Waals surface area contributed by atoms with E-state index in [9.17, 15) is 9.90 Å². The number of anilines is 1. The maximum absolute atomic E-state index is 11.9. The lowest BCUT2D eigenvalue weighted by molar-refractivity contribution is 0.0697. The Morgan fingerprint density at radius 2 is 1.90 bits per heavy atom. The van der Waals surface area contributed by atoms with Crippen molar-refractivity contribution in [3.63, 3.8) is 0 Å². The number of rotatable bonds is 7. The van der Waals surface area contributed by atoms with Crippen molar-refractivity contribution in [3.8, 4) is 17.0 Å². The van der Waals surface area contributed by atoms with E-state index < -0.39 is 5.97 Å². The largest absolute Gasteiger partial charge is 0.489 e. The summed E-state index contributed by atoms with van der Waals surface area (Å²) in [5.41, 5.74) is 6.27. The van der Waals surface area contributed by atoms with E-state index in [0.717, 1.165) is 74.9 Å². The highest BCUT2D eigenvalue weighted by molar-refractivity contribution is 5.99. The van der Waals surface area contributed by atoms with Crippen LogP contribution in [0.15, 0.2) is 36.4 Å². The van der Waals surface area contributed by atoms with Gasteiger partial charge in [-0.25, -0.2) is 4.79 Å². The summed E-state index contributed by atoms with van der Waals surface area (Å²) in [6, 6.07) is 12.3. The minimum absolute atomic E-state index is 0.341. The van der Waals surface area contributed by atoms with Crippen molar-refractivity contribution in [2.45, 2.75) is 57.9 Å². The van der Waals surface area contributed by atoms with Crippen LogP contribution in [0.1, 0.15) is 67.3 Å². The fourth-order valence-electron chi connectivity index (χ4n) is 6.92. The van der Waals surface area contributed by atoms with Gasteiger partial charge in [0.25, 0.3) is 0 Å². The van der Waals surface area contributed by atoms with Crippen molar-refractivity contribution in [2.75, 3.05) is 57.4 Å². The molecule has 0 atom stereocenters. The maximum Gasteiger partial charge on any atom is 0.335 e. The fourth-order valence-corrected chi connectivity index (χ4v) is 6.92. The summed E-state index contributed by atoms with van der Waals surface area (Å²) in [5, 5.41) is 11.0. The standard InChI is InChI=1S/C32H41N3O4/c1-2-34(16-15-33-14-7-19-38-20-17-33)27-11-6-10-26-30-29(23-8-4-3-5-9-23)25-13-12-24(32(36)37)22-28(25)35(30)18-21-39-31(26)27/h6,10-13,22-23H,2-5,7-9,14-21H2,1H3,(H,36,37). The average molecular weight is 532 g/mol. The van der Waals surface area contributed by atoms with E-state index in [1.807, 2.05) is 6.07 Å². The molecule has 1 aliphatic carbocycles. The molecule has 2 aromatic carbocycles. The molecule has 0 spiro atoms. The van der Waals surface area contributed by atoms with Crippen molar-refractivity contribution >= 4 is 22.6 Å². The second kappa shape index (κ2) is 11.6. The normalized spacial score (nSPS) is 18.6. The van der Waals surface area contributed by atoms with Crippen molar-refractivity contribution < 1.29 is 19.4 Å². The molecule has 1 aromatic heterocycles. The Hall–Kier alpha value is -3.03. The topological polar surface area (TPSA) is 67.2 Å². The van der Waals surface area contributed by atoms with Gasteiger partial charge in [-0.3, -0.25) is 4.90 Å². The number of carbonyl (C=O) groups is 1. The van der Waals surface area contributed by atoms with Gasteiger partial charge in [0.2, 0.25) is 0 Å². The summed E-state index contributed by atoms with van der Waals surface area (Å²) in [5.74, 6) is 0.569. The molecule has 208 valence electrons. The molecule has 7 heteroatoms. The minimum Gasteiger partial charge on any atom is -0.489 e. The molecule has 1 saturated carbocycles. The van der Waals surface area contributed by atoms with Crippen molar-refractivity contribution in [2.24, 2.45) is 0 Å². The summed E-state index contributed by atoms with van der Waals surface area (Å²) in [7, 11) is 0. The zero-order valence-electron chi connectivity index (χ0n) is 23.2. The Bertz CT molecular complexity index is 1320. The van der Waals surface area contributed by atoms with Crippen LogP contribution in [0, 0.1) is 0 Å². The molecule has 1 N–H and O–H groups in total. The highest BCUT2D eigenvalue weighted by Crippen LogP contribution is 2.49. The number of benzene rings is 2. The predicted octanol–water partition coefficient (Wildman–Crippen LogP) is 6.00. The van der Waals surface area contributed by atoms with E-state index in [2.05, 4.69) is 45.6 Å². The third-order valence-corrected chi connectivity index (χ3v) is 8.90. The van der Waals surface area contributed by atoms with Gasteiger partial charge in [-0.1, -0.05) is 31.4 Å². The fraction of sp³-hybridized carbons (Fsp3) is 0.531. The molecule has 2 fully saturated rings. The van der Waals surface area contributed by atoms with Gasteiger partial charge in [0, 0.05) is 55.8 Å². The van der Waals surface area contributed by atoms with E-state index in [1.165, 1.54) is 48.7 Å². The zero-order valence-corrected chi connectivity index (χ0v) is 23.2. The zero-order chi connectivity index (χ0) is 26.8.